The summed E-state index contributed by atoms with van der Waals surface area (Å²) >= 11 is 1.29. The Morgan fingerprint density at radius 2 is 2.28 bits per heavy atom. The van der Waals surface area contributed by atoms with Gasteiger partial charge in [0.25, 0.3) is 5.91 Å². The number of hydrogen-bond donors (Lipinski definition) is 4. The fourth-order valence-electron chi connectivity index (χ4n) is 2.36. The summed E-state index contributed by atoms with van der Waals surface area (Å²) in [5, 5.41) is 35.7. The van der Waals surface area contributed by atoms with Crippen LogP contribution < -0.4 is 5.32 Å². The Morgan fingerprint density at radius 3 is 2.88 bits per heavy atom. The largest absolute Gasteiger partial charge is 0.481 e. The van der Waals surface area contributed by atoms with Gasteiger partial charge in [0.15, 0.2) is 5.71 Å². The zero-order valence-corrected chi connectivity index (χ0v) is 14.1. The van der Waals surface area contributed by atoms with E-state index in [-0.39, 0.29) is 25.3 Å². The van der Waals surface area contributed by atoms with E-state index in [1.165, 1.54) is 11.3 Å². The highest BCUT2D eigenvalue weighted by Crippen LogP contribution is 2.19. The predicted octanol–water partition coefficient (Wildman–Crippen LogP) is -0.381. The molecule has 4 N–H and O–H groups in total. The second-order valence-corrected chi connectivity index (χ2v) is 6.33. The van der Waals surface area contributed by atoms with Gasteiger partial charge in [0, 0.05) is 0 Å². The van der Waals surface area contributed by atoms with Crippen LogP contribution in [0.3, 0.4) is 0 Å². The van der Waals surface area contributed by atoms with Crippen molar-refractivity contribution in [3.63, 3.8) is 0 Å². The molecule has 0 bridgehead atoms. The summed E-state index contributed by atoms with van der Waals surface area (Å²) in [6.45, 7) is -0.281. The molecule has 1 saturated heterocycles. The molecule has 11 heteroatoms. The molecule has 2 heterocycles. The van der Waals surface area contributed by atoms with Crippen LogP contribution in [0.5, 0.6) is 0 Å². The van der Waals surface area contributed by atoms with Gasteiger partial charge >= 0.3 is 13.1 Å². The highest BCUT2D eigenvalue weighted by molar-refractivity contribution is 7.13. The van der Waals surface area contributed by atoms with E-state index >= 15 is 0 Å². The van der Waals surface area contributed by atoms with Crippen LogP contribution in [0, 0.1) is 0 Å². The van der Waals surface area contributed by atoms with E-state index in [2.05, 4.69) is 10.5 Å². The zero-order chi connectivity index (χ0) is 18.2. The SMILES string of the molecule is O=C(O)CC1CCC(NC(=O)/C(=N/OCCO)c2cccs2)B(O)O1. The molecule has 2 unspecified atom stereocenters. The minimum Gasteiger partial charge on any atom is -0.481 e. The van der Waals surface area contributed by atoms with Crippen molar-refractivity contribution >= 4 is 36.0 Å². The summed E-state index contributed by atoms with van der Waals surface area (Å²) in [6.07, 6.45) is -0.00542. The molecule has 2 rings (SSSR count). The van der Waals surface area contributed by atoms with E-state index in [0.29, 0.717) is 17.7 Å². The lowest BCUT2D eigenvalue weighted by Crippen LogP contribution is -2.54. The third-order valence-corrected chi connectivity index (χ3v) is 4.38. The van der Waals surface area contributed by atoms with Gasteiger partial charge in [-0.2, -0.15) is 0 Å². The number of nitrogens with one attached hydrogen (secondary N) is 1. The van der Waals surface area contributed by atoms with Crippen molar-refractivity contribution in [1.82, 2.24) is 5.32 Å². The molecule has 1 aliphatic heterocycles. The first-order chi connectivity index (χ1) is 12.0. The van der Waals surface area contributed by atoms with Crippen LogP contribution in [0.25, 0.3) is 0 Å². The minimum atomic E-state index is -1.30. The van der Waals surface area contributed by atoms with Crippen molar-refractivity contribution in [2.45, 2.75) is 31.3 Å². The number of aliphatic hydroxyl groups is 1. The molecule has 25 heavy (non-hydrogen) atoms. The molecule has 0 saturated carbocycles. The Bertz CT molecular complexity index is 610. The van der Waals surface area contributed by atoms with Crippen LogP contribution in [-0.4, -0.2) is 65.2 Å². The monoisotopic (exact) mass is 370 g/mol. The molecule has 0 aliphatic carbocycles. The number of thiophene rings is 1. The topological polar surface area (TPSA) is 138 Å². The lowest BCUT2D eigenvalue weighted by Gasteiger charge is -2.30. The molecule has 0 radical (unpaired) electrons. The number of hydrogen-bond acceptors (Lipinski definition) is 8. The third-order valence-electron chi connectivity index (χ3n) is 3.50. The smallest absolute Gasteiger partial charge is 0.478 e. The summed E-state index contributed by atoms with van der Waals surface area (Å²) < 4.78 is 5.24. The van der Waals surface area contributed by atoms with Gasteiger partial charge in [-0.3, -0.25) is 9.59 Å². The first kappa shape index (κ1) is 19.4. The summed E-state index contributed by atoms with van der Waals surface area (Å²) in [6, 6.07) is 3.45. The molecule has 9 nitrogen and oxygen atoms in total. The van der Waals surface area contributed by atoms with E-state index in [9.17, 15) is 14.6 Å². The predicted molar refractivity (Wildman–Crippen MR) is 90.2 cm³/mol. The normalized spacial score (nSPS) is 21.0. The summed E-state index contributed by atoms with van der Waals surface area (Å²) in [5.74, 6) is -2.24. The number of nitrogens with zero attached hydrogens (tertiary/aromatic N) is 1. The Morgan fingerprint density at radius 1 is 1.48 bits per heavy atom. The fourth-order valence-corrected chi connectivity index (χ4v) is 3.06. The molecule has 0 spiro atoms. The van der Waals surface area contributed by atoms with Crippen LogP contribution in [0.2, 0.25) is 0 Å². The van der Waals surface area contributed by atoms with Crippen molar-refractivity contribution in [3.05, 3.63) is 22.4 Å². The molecule has 1 aromatic heterocycles. The zero-order valence-electron chi connectivity index (χ0n) is 13.3. The number of aliphatic carboxylic acids is 1. The Labute approximate surface area is 148 Å². The van der Waals surface area contributed by atoms with Crippen LogP contribution in [0.1, 0.15) is 24.1 Å². The Hall–Kier alpha value is -1.95. The average molecular weight is 370 g/mol. The first-order valence-electron chi connectivity index (χ1n) is 7.72. The third kappa shape index (κ3) is 5.82. The quantitative estimate of drug-likeness (QED) is 0.212. The van der Waals surface area contributed by atoms with E-state index in [4.69, 9.17) is 19.7 Å². The highest BCUT2D eigenvalue weighted by Gasteiger charge is 2.37. The first-order valence-corrected chi connectivity index (χ1v) is 8.60. The number of carbonyl (C=O) groups is 2. The lowest BCUT2D eigenvalue weighted by atomic mass is 9.72. The average Bonchev–Trinajstić information content (AvgIpc) is 3.07. The maximum absolute atomic E-state index is 12.5. The van der Waals surface area contributed by atoms with E-state index in [1.54, 1.807) is 17.5 Å². The summed E-state index contributed by atoms with van der Waals surface area (Å²) in [4.78, 5) is 28.6. The number of oxime groups is 1. The van der Waals surface area contributed by atoms with Gasteiger partial charge in [-0.25, -0.2) is 0 Å². The molecular formula is C14H19BN2O7S. The second-order valence-electron chi connectivity index (χ2n) is 5.38. The van der Waals surface area contributed by atoms with Crippen molar-refractivity contribution in [3.8, 4) is 0 Å². The fraction of sp³-hybridized carbons (Fsp3) is 0.500. The van der Waals surface area contributed by atoms with Crippen LogP contribution in [0.4, 0.5) is 0 Å². The van der Waals surface area contributed by atoms with E-state index < -0.39 is 31.0 Å². The standard InChI is InChI=1S/C14H19BN2O7S/c18-5-6-23-17-13(10-2-1-7-25-10)14(21)16-11-4-3-9(8-12(19)20)24-15(11)22/h1-2,7,9,11,18,22H,3-6,8H2,(H,16,21)(H,19,20)/b17-13+. The molecule has 0 aromatic carbocycles. The maximum atomic E-state index is 12.5. The molecule has 1 fully saturated rings. The van der Waals surface area contributed by atoms with Gasteiger partial charge in [0.1, 0.15) is 6.61 Å². The van der Waals surface area contributed by atoms with Gasteiger partial charge in [-0.15, -0.1) is 11.3 Å². The number of rotatable bonds is 8. The van der Waals surface area contributed by atoms with Gasteiger partial charge in [0.05, 0.1) is 30.0 Å². The van der Waals surface area contributed by atoms with Crippen molar-refractivity contribution in [1.29, 1.82) is 0 Å². The lowest BCUT2D eigenvalue weighted by molar-refractivity contribution is -0.139. The Balaban J connectivity index is 1.98. The molecule has 1 aromatic rings. The van der Waals surface area contributed by atoms with Crippen LogP contribution in [0.15, 0.2) is 22.7 Å². The van der Waals surface area contributed by atoms with Crippen molar-refractivity contribution in [2.24, 2.45) is 5.16 Å². The maximum Gasteiger partial charge on any atom is 0.478 e. The molecule has 1 amide bonds. The summed E-state index contributed by atoms with van der Waals surface area (Å²) in [5.41, 5.74) is 0.0308. The number of aliphatic hydroxyl groups excluding tert-OH is 1. The van der Waals surface area contributed by atoms with Crippen LogP contribution >= 0.6 is 11.3 Å². The molecule has 136 valence electrons. The van der Waals surface area contributed by atoms with Crippen LogP contribution in [-0.2, 0) is 19.1 Å². The number of amides is 1. The second kappa shape index (κ2) is 9.52. The van der Waals surface area contributed by atoms with E-state index in [0.717, 1.165) is 0 Å². The number of carboxylic acids is 1. The van der Waals surface area contributed by atoms with Crippen molar-refractivity contribution < 1.29 is 34.3 Å². The number of carbonyl (C=O) groups excluding carboxylic acids is 1. The highest BCUT2D eigenvalue weighted by atomic mass is 32.1. The minimum absolute atomic E-state index is 0.0308. The molecule has 2 atom stereocenters. The van der Waals surface area contributed by atoms with Gasteiger partial charge in [-0.1, -0.05) is 11.2 Å². The number of carboxylic acid groups (broad SMARTS) is 1. The molecule has 1 aliphatic rings. The van der Waals surface area contributed by atoms with Gasteiger partial charge in [0.2, 0.25) is 0 Å². The Kier molecular flexibility index (Phi) is 7.38. The van der Waals surface area contributed by atoms with Gasteiger partial charge in [-0.05, 0) is 24.3 Å². The van der Waals surface area contributed by atoms with E-state index in [1.807, 2.05) is 0 Å². The van der Waals surface area contributed by atoms with Crippen molar-refractivity contribution in [2.75, 3.05) is 13.2 Å². The molecular weight excluding hydrogens is 351 g/mol. The van der Waals surface area contributed by atoms with Gasteiger partial charge < -0.3 is 30.0 Å². The summed E-state index contributed by atoms with van der Waals surface area (Å²) in [7, 11) is -1.30.